The van der Waals surface area contributed by atoms with E-state index >= 15 is 0 Å². The van der Waals surface area contributed by atoms with Crippen LogP contribution in [0.15, 0.2) is 36.5 Å². The van der Waals surface area contributed by atoms with Gasteiger partial charge in [-0.05, 0) is 23.8 Å². The lowest BCUT2D eigenvalue weighted by Crippen LogP contribution is -2.12. The van der Waals surface area contributed by atoms with Gasteiger partial charge in [0, 0.05) is 24.7 Å². The number of carbonyl (C=O) groups is 1. The number of amides is 1. The number of rotatable bonds is 4. The molecule has 4 aromatic rings. The van der Waals surface area contributed by atoms with E-state index in [0.29, 0.717) is 16.6 Å². The predicted octanol–water partition coefficient (Wildman–Crippen LogP) is 5.46. The molecule has 0 saturated heterocycles. The largest absolute Gasteiger partial charge is 0.435 e. The first-order valence-electron chi connectivity index (χ1n) is 8.44. The van der Waals surface area contributed by atoms with Crippen LogP contribution in [0.4, 0.5) is 19.0 Å². The van der Waals surface area contributed by atoms with Crippen molar-refractivity contribution in [2.45, 2.75) is 12.7 Å². The zero-order chi connectivity index (χ0) is 21.6. The van der Waals surface area contributed by atoms with Crippen LogP contribution in [0.3, 0.4) is 0 Å². The summed E-state index contributed by atoms with van der Waals surface area (Å²) in [6, 6.07) is 7.98. The van der Waals surface area contributed by atoms with Crippen molar-refractivity contribution in [3.8, 4) is 0 Å². The second-order valence-corrected chi connectivity index (χ2v) is 8.25. The number of hydrogen-bond acceptors (Lipinski definition) is 4. The Morgan fingerprint density at radius 2 is 1.93 bits per heavy atom. The quantitative estimate of drug-likeness (QED) is 0.428. The third-order valence-electron chi connectivity index (χ3n) is 4.21. The van der Waals surface area contributed by atoms with Crippen LogP contribution >= 0.6 is 34.5 Å². The van der Waals surface area contributed by atoms with Crippen molar-refractivity contribution in [3.05, 3.63) is 62.7 Å². The van der Waals surface area contributed by atoms with Crippen LogP contribution in [0.1, 0.15) is 20.9 Å². The molecule has 1 amide bonds. The summed E-state index contributed by atoms with van der Waals surface area (Å²) in [5.74, 6) is -0.282. The van der Waals surface area contributed by atoms with Gasteiger partial charge >= 0.3 is 6.18 Å². The molecule has 0 spiro atoms. The van der Waals surface area contributed by atoms with Gasteiger partial charge in [0.15, 0.2) is 11.5 Å². The van der Waals surface area contributed by atoms with Gasteiger partial charge in [-0.15, -0.1) is 11.3 Å². The maximum Gasteiger partial charge on any atom is 0.435 e. The second-order valence-electron chi connectivity index (χ2n) is 6.40. The molecule has 6 nitrogen and oxygen atoms in total. The Hall–Kier alpha value is -2.56. The highest BCUT2D eigenvalue weighted by atomic mass is 35.5. The summed E-state index contributed by atoms with van der Waals surface area (Å²) in [6.45, 7) is 0.399. The molecule has 4 rings (SSSR count). The van der Waals surface area contributed by atoms with Crippen LogP contribution in [0, 0.1) is 0 Å². The Kier molecular flexibility index (Phi) is 5.25. The van der Waals surface area contributed by atoms with Crippen molar-refractivity contribution in [3.63, 3.8) is 0 Å². The predicted molar refractivity (Wildman–Crippen MR) is 109 cm³/mol. The van der Waals surface area contributed by atoms with Crippen LogP contribution in [0.5, 0.6) is 0 Å². The molecule has 3 aromatic heterocycles. The minimum Gasteiger partial charge on any atom is -0.304 e. The molecule has 0 atom stereocenters. The molecule has 0 aliphatic heterocycles. The lowest BCUT2D eigenvalue weighted by Gasteiger charge is -2.04. The smallest absolute Gasteiger partial charge is 0.304 e. The van der Waals surface area contributed by atoms with Gasteiger partial charge in [-0.1, -0.05) is 29.3 Å². The zero-order valence-corrected chi connectivity index (χ0v) is 17.5. The number of aryl methyl sites for hydroxylation is 1. The van der Waals surface area contributed by atoms with Gasteiger partial charge in [0.1, 0.15) is 4.83 Å². The molecule has 12 heteroatoms. The fraction of sp³-hybridized carbons (Fsp3) is 0.167. The average Bonchev–Trinajstić information content (AvgIpc) is 3.35. The summed E-state index contributed by atoms with van der Waals surface area (Å²) in [4.78, 5) is 12.9. The molecular formula is C18H12Cl2F3N5OS. The number of aromatic nitrogens is 4. The number of fused-ring (bicyclic) bond motifs is 1. The van der Waals surface area contributed by atoms with Gasteiger partial charge in [-0.2, -0.15) is 23.4 Å². The van der Waals surface area contributed by atoms with Crippen LogP contribution in [0.2, 0.25) is 10.0 Å². The van der Waals surface area contributed by atoms with E-state index in [1.165, 1.54) is 13.1 Å². The summed E-state index contributed by atoms with van der Waals surface area (Å²) >= 11 is 12.8. The van der Waals surface area contributed by atoms with Crippen molar-refractivity contribution in [2.75, 3.05) is 5.32 Å². The molecule has 0 saturated carbocycles. The first-order valence-corrected chi connectivity index (χ1v) is 10.0. The Morgan fingerprint density at radius 3 is 2.63 bits per heavy atom. The van der Waals surface area contributed by atoms with Crippen LogP contribution < -0.4 is 5.32 Å². The van der Waals surface area contributed by atoms with Crippen molar-refractivity contribution >= 4 is 56.5 Å². The first kappa shape index (κ1) is 20.7. The van der Waals surface area contributed by atoms with Crippen molar-refractivity contribution in [2.24, 2.45) is 7.05 Å². The van der Waals surface area contributed by atoms with Crippen LogP contribution in [0.25, 0.3) is 10.2 Å². The SMILES string of the molecule is Cn1nc(C(F)(F)F)c2cc(C(=O)Nc3ccn(Cc4ccc(Cl)c(Cl)c4)n3)sc21. The highest BCUT2D eigenvalue weighted by Crippen LogP contribution is 2.37. The molecule has 1 aromatic carbocycles. The van der Waals surface area contributed by atoms with E-state index < -0.39 is 17.8 Å². The van der Waals surface area contributed by atoms with Gasteiger partial charge < -0.3 is 5.32 Å². The monoisotopic (exact) mass is 473 g/mol. The van der Waals surface area contributed by atoms with E-state index in [1.54, 1.807) is 35.1 Å². The number of nitrogens with one attached hydrogen (secondary N) is 1. The summed E-state index contributed by atoms with van der Waals surface area (Å²) in [5.41, 5.74) is -0.150. The molecule has 0 aliphatic rings. The number of benzene rings is 1. The van der Waals surface area contributed by atoms with Gasteiger partial charge in [-0.3, -0.25) is 14.2 Å². The Morgan fingerprint density at radius 1 is 1.17 bits per heavy atom. The lowest BCUT2D eigenvalue weighted by atomic mass is 10.2. The molecule has 156 valence electrons. The maximum absolute atomic E-state index is 13.1. The van der Waals surface area contributed by atoms with Gasteiger partial charge in [0.2, 0.25) is 0 Å². The van der Waals surface area contributed by atoms with Crippen LogP contribution in [-0.4, -0.2) is 25.5 Å². The highest BCUT2D eigenvalue weighted by molar-refractivity contribution is 7.20. The number of hydrogen-bond donors (Lipinski definition) is 1. The highest BCUT2D eigenvalue weighted by Gasteiger charge is 2.37. The normalized spacial score (nSPS) is 11.9. The molecular weight excluding hydrogens is 462 g/mol. The van der Waals surface area contributed by atoms with Crippen LogP contribution in [-0.2, 0) is 19.8 Å². The molecule has 30 heavy (non-hydrogen) atoms. The zero-order valence-electron chi connectivity index (χ0n) is 15.2. The molecule has 0 aliphatic carbocycles. The second kappa shape index (κ2) is 7.60. The molecule has 0 radical (unpaired) electrons. The third kappa shape index (κ3) is 4.03. The molecule has 0 fully saturated rings. The molecule has 1 N–H and O–H groups in total. The summed E-state index contributed by atoms with van der Waals surface area (Å²) in [6.07, 6.45) is -2.94. The van der Waals surface area contributed by atoms with Gasteiger partial charge in [-0.25, -0.2) is 0 Å². The third-order valence-corrected chi connectivity index (χ3v) is 6.15. The van der Waals surface area contributed by atoms with E-state index in [0.717, 1.165) is 21.6 Å². The molecule has 0 bridgehead atoms. The number of anilines is 1. The summed E-state index contributed by atoms with van der Waals surface area (Å²) < 4.78 is 42.1. The topological polar surface area (TPSA) is 64.7 Å². The minimum absolute atomic E-state index is 0.106. The van der Waals surface area contributed by atoms with E-state index in [1.807, 2.05) is 0 Å². The number of halogens is 5. The average molecular weight is 474 g/mol. The summed E-state index contributed by atoms with van der Waals surface area (Å²) in [7, 11) is 1.40. The summed E-state index contributed by atoms with van der Waals surface area (Å²) in [5, 5.41) is 11.1. The van der Waals surface area contributed by atoms with Crippen molar-refractivity contribution in [1.82, 2.24) is 19.6 Å². The molecule has 3 heterocycles. The Labute approximate surface area is 181 Å². The van der Waals surface area contributed by atoms with Crippen molar-refractivity contribution in [1.29, 1.82) is 0 Å². The number of thiophene rings is 1. The number of alkyl halides is 3. The molecule has 0 unspecified atom stereocenters. The van der Waals surface area contributed by atoms with Crippen molar-refractivity contribution < 1.29 is 18.0 Å². The number of nitrogens with zero attached hydrogens (tertiary/aromatic N) is 4. The fourth-order valence-corrected chi connectivity index (χ4v) is 4.17. The van der Waals surface area contributed by atoms with E-state index in [2.05, 4.69) is 15.5 Å². The maximum atomic E-state index is 13.1. The van der Waals surface area contributed by atoms with E-state index in [4.69, 9.17) is 23.2 Å². The number of carbonyl (C=O) groups excluding carboxylic acids is 1. The first-order chi connectivity index (χ1) is 14.1. The van der Waals surface area contributed by atoms with E-state index in [-0.39, 0.29) is 20.9 Å². The van der Waals surface area contributed by atoms with Gasteiger partial charge in [0.25, 0.3) is 5.91 Å². The van der Waals surface area contributed by atoms with E-state index in [9.17, 15) is 18.0 Å². The Balaban J connectivity index is 1.51. The Bertz CT molecular complexity index is 1260. The fourth-order valence-electron chi connectivity index (χ4n) is 2.88. The minimum atomic E-state index is -4.60. The van der Waals surface area contributed by atoms with Gasteiger partial charge in [0.05, 0.1) is 21.5 Å². The lowest BCUT2D eigenvalue weighted by molar-refractivity contribution is -0.140. The standard InChI is InChI=1S/C18H12Cl2F3N5OS/c1-27-17-10(15(26-27)18(21,22)23)7-13(30-17)16(29)24-14-4-5-28(25-14)8-9-2-3-11(19)12(20)6-9/h2-7H,8H2,1H3,(H,24,25,29).